The van der Waals surface area contributed by atoms with Gasteiger partial charge in [0.15, 0.2) is 11.5 Å². The van der Waals surface area contributed by atoms with Gasteiger partial charge in [0.1, 0.15) is 0 Å². The van der Waals surface area contributed by atoms with Crippen LogP contribution in [0.5, 0.6) is 11.5 Å². The Morgan fingerprint density at radius 1 is 1.39 bits per heavy atom. The van der Waals surface area contributed by atoms with Crippen LogP contribution in [0.1, 0.15) is 38.2 Å². The van der Waals surface area contributed by atoms with Crippen molar-refractivity contribution in [2.45, 2.75) is 39.2 Å². The second-order valence-electron chi connectivity index (χ2n) is 5.32. The molecule has 0 aliphatic heterocycles. The Morgan fingerprint density at radius 3 is 2.78 bits per heavy atom. The maximum Gasteiger partial charge on any atom is 0.162 e. The smallest absolute Gasteiger partial charge is 0.162 e. The van der Waals surface area contributed by atoms with Gasteiger partial charge in [-0.1, -0.05) is 25.5 Å². The molecule has 3 heteroatoms. The van der Waals surface area contributed by atoms with E-state index in [2.05, 4.69) is 12.2 Å². The van der Waals surface area contributed by atoms with Gasteiger partial charge in [0.05, 0.1) is 7.11 Å². The number of rotatable bonds is 7. The number of hydrogen-bond acceptors (Lipinski definition) is 3. The van der Waals surface area contributed by atoms with Gasteiger partial charge in [-0.05, 0) is 30.7 Å². The normalized spacial score (nSPS) is 16.6. The van der Waals surface area contributed by atoms with Crippen LogP contribution >= 0.6 is 0 Å². The van der Waals surface area contributed by atoms with Crippen LogP contribution in [-0.2, 0) is 6.54 Å². The highest BCUT2D eigenvalue weighted by Crippen LogP contribution is 2.49. The summed E-state index contributed by atoms with van der Waals surface area (Å²) in [6, 6.07) is 5.62. The number of nitrogens with one attached hydrogen (secondary N) is 1. The monoisotopic (exact) mass is 249 g/mol. The van der Waals surface area contributed by atoms with Crippen molar-refractivity contribution >= 4 is 0 Å². The average molecular weight is 249 g/mol. The first kappa shape index (κ1) is 13.2. The van der Waals surface area contributed by atoms with Gasteiger partial charge in [-0.15, -0.1) is 0 Å². The summed E-state index contributed by atoms with van der Waals surface area (Å²) in [4.78, 5) is 0. The fraction of sp³-hybridized carbons (Fsp3) is 0.600. The van der Waals surface area contributed by atoms with Crippen molar-refractivity contribution in [1.82, 2.24) is 5.32 Å². The fourth-order valence-corrected chi connectivity index (χ4v) is 2.56. The van der Waals surface area contributed by atoms with E-state index in [9.17, 15) is 5.11 Å². The molecule has 100 valence electrons. The third-order valence-electron chi connectivity index (χ3n) is 3.86. The van der Waals surface area contributed by atoms with Crippen LogP contribution in [0, 0.1) is 5.41 Å². The van der Waals surface area contributed by atoms with Gasteiger partial charge < -0.3 is 15.2 Å². The molecule has 1 aromatic carbocycles. The Balaban J connectivity index is 1.87. The van der Waals surface area contributed by atoms with Gasteiger partial charge in [0, 0.05) is 18.7 Å². The Kier molecular flexibility index (Phi) is 4.12. The minimum Gasteiger partial charge on any atom is -0.504 e. The van der Waals surface area contributed by atoms with E-state index in [4.69, 9.17) is 4.74 Å². The zero-order valence-corrected chi connectivity index (χ0v) is 11.3. The number of methoxy groups -OCH3 is 1. The molecule has 1 aliphatic rings. The Morgan fingerprint density at radius 2 is 2.17 bits per heavy atom. The molecule has 0 spiro atoms. The van der Waals surface area contributed by atoms with Crippen LogP contribution in [0.15, 0.2) is 18.2 Å². The van der Waals surface area contributed by atoms with Crippen LogP contribution in [0.2, 0.25) is 0 Å². The average Bonchev–Trinajstić information content (AvgIpc) is 3.12. The number of benzene rings is 1. The number of hydrogen-bond donors (Lipinski definition) is 2. The molecule has 18 heavy (non-hydrogen) atoms. The summed E-state index contributed by atoms with van der Waals surface area (Å²) in [7, 11) is 1.58. The Hall–Kier alpha value is -1.22. The number of ether oxygens (including phenoxy) is 1. The van der Waals surface area contributed by atoms with Crippen LogP contribution in [0.3, 0.4) is 0 Å². The first-order valence-electron chi connectivity index (χ1n) is 6.76. The Labute approximate surface area is 109 Å². The highest BCUT2D eigenvalue weighted by atomic mass is 16.5. The minimum absolute atomic E-state index is 0.257. The van der Waals surface area contributed by atoms with Gasteiger partial charge in [0.2, 0.25) is 0 Å². The topological polar surface area (TPSA) is 41.5 Å². The summed E-state index contributed by atoms with van der Waals surface area (Å²) in [5.41, 5.74) is 1.45. The van der Waals surface area contributed by atoms with Crippen LogP contribution in [-0.4, -0.2) is 18.8 Å². The third-order valence-corrected chi connectivity index (χ3v) is 3.86. The van der Waals surface area contributed by atoms with Crippen molar-refractivity contribution < 1.29 is 9.84 Å². The first-order valence-corrected chi connectivity index (χ1v) is 6.76. The van der Waals surface area contributed by atoms with E-state index in [0.717, 1.165) is 12.1 Å². The van der Waals surface area contributed by atoms with Crippen molar-refractivity contribution in [2.24, 2.45) is 5.41 Å². The van der Waals surface area contributed by atoms with E-state index in [-0.39, 0.29) is 5.75 Å². The lowest BCUT2D eigenvalue weighted by Gasteiger charge is -2.15. The summed E-state index contributed by atoms with van der Waals surface area (Å²) in [6.45, 7) is 4.00. The van der Waals surface area contributed by atoms with E-state index < -0.39 is 0 Å². The lowest BCUT2D eigenvalue weighted by atomic mass is 10.0. The van der Waals surface area contributed by atoms with Gasteiger partial charge in [0.25, 0.3) is 0 Å². The molecule has 0 heterocycles. The minimum atomic E-state index is 0.257. The summed E-state index contributed by atoms with van der Waals surface area (Å²) in [5, 5.41) is 13.4. The molecule has 0 amide bonds. The van der Waals surface area contributed by atoms with E-state index in [1.54, 1.807) is 13.2 Å². The molecule has 0 radical (unpaired) electrons. The molecule has 1 aromatic rings. The molecule has 0 unspecified atom stereocenters. The number of aromatic hydroxyl groups is 1. The fourth-order valence-electron chi connectivity index (χ4n) is 2.56. The van der Waals surface area contributed by atoms with Gasteiger partial charge in [-0.25, -0.2) is 0 Å². The molecule has 1 fully saturated rings. The zero-order chi connectivity index (χ0) is 13.0. The lowest BCUT2D eigenvalue weighted by molar-refractivity contribution is 0.367. The van der Waals surface area contributed by atoms with E-state index >= 15 is 0 Å². The molecule has 0 aromatic heterocycles. The number of para-hydroxylation sites is 1. The summed E-state index contributed by atoms with van der Waals surface area (Å²) < 4.78 is 5.11. The second kappa shape index (κ2) is 5.61. The maximum absolute atomic E-state index is 9.97. The molecule has 3 nitrogen and oxygen atoms in total. The lowest BCUT2D eigenvalue weighted by Crippen LogP contribution is -2.23. The third kappa shape index (κ3) is 2.96. The van der Waals surface area contributed by atoms with Crippen molar-refractivity contribution in [3.8, 4) is 11.5 Å². The SMILES string of the molecule is CCCC1(CNCc2cccc(OC)c2O)CC1. The molecule has 0 saturated heterocycles. The van der Waals surface area contributed by atoms with Crippen LogP contribution < -0.4 is 10.1 Å². The van der Waals surface area contributed by atoms with Gasteiger partial charge in [-0.2, -0.15) is 0 Å². The molecule has 0 bridgehead atoms. The predicted molar refractivity (Wildman–Crippen MR) is 72.9 cm³/mol. The van der Waals surface area contributed by atoms with Gasteiger partial charge >= 0.3 is 0 Å². The van der Waals surface area contributed by atoms with Crippen molar-refractivity contribution in [3.63, 3.8) is 0 Å². The second-order valence-corrected chi connectivity index (χ2v) is 5.32. The van der Waals surface area contributed by atoms with Crippen molar-refractivity contribution in [1.29, 1.82) is 0 Å². The first-order chi connectivity index (χ1) is 8.71. The summed E-state index contributed by atoms with van der Waals surface area (Å²) >= 11 is 0. The molecular weight excluding hydrogens is 226 g/mol. The number of phenols is 1. The number of phenolic OH excluding ortho intramolecular Hbond substituents is 1. The van der Waals surface area contributed by atoms with E-state index in [1.165, 1.54) is 25.7 Å². The molecule has 1 saturated carbocycles. The highest BCUT2D eigenvalue weighted by molar-refractivity contribution is 5.45. The van der Waals surface area contributed by atoms with Crippen LogP contribution in [0.25, 0.3) is 0 Å². The molecular formula is C15H23NO2. The van der Waals surface area contributed by atoms with E-state index in [0.29, 0.717) is 17.7 Å². The Bertz CT molecular complexity index is 399. The molecule has 2 N–H and O–H groups in total. The maximum atomic E-state index is 9.97. The standard InChI is InChI=1S/C15H23NO2/c1-3-7-15(8-9-15)11-16-10-12-5-4-6-13(18-2)14(12)17/h4-6,16-17H,3,7-11H2,1-2H3. The van der Waals surface area contributed by atoms with Crippen molar-refractivity contribution in [2.75, 3.05) is 13.7 Å². The predicted octanol–water partition coefficient (Wildman–Crippen LogP) is 3.07. The summed E-state index contributed by atoms with van der Waals surface area (Å²) in [5.74, 6) is 0.803. The zero-order valence-electron chi connectivity index (χ0n) is 11.3. The molecule has 2 rings (SSSR count). The highest BCUT2D eigenvalue weighted by Gasteiger charge is 2.40. The molecule has 0 atom stereocenters. The summed E-state index contributed by atoms with van der Waals surface area (Å²) in [6.07, 6.45) is 5.26. The van der Waals surface area contributed by atoms with Gasteiger partial charge in [-0.3, -0.25) is 0 Å². The van der Waals surface area contributed by atoms with E-state index in [1.807, 2.05) is 12.1 Å². The largest absolute Gasteiger partial charge is 0.504 e. The van der Waals surface area contributed by atoms with Crippen molar-refractivity contribution in [3.05, 3.63) is 23.8 Å². The molecule has 1 aliphatic carbocycles. The quantitative estimate of drug-likeness (QED) is 0.780. The van der Waals surface area contributed by atoms with Crippen LogP contribution in [0.4, 0.5) is 0 Å².